The van der Waals surface area contributed by atoms with Gasteiger partial charge in [0.2, 0.25) is 0 Å². The molecule has 1 aliphatic carbocycles. The van der Waals surface area contributed by atoms with E-state index in [2.05, 4.69) is 10.6 Å². The molecule has 4 amide bonds. The van der Waals surface area contributed by atoms with Gasteiger partial charge in [0.1, 0.15) is 0 Å². The molecule has 2 N–H and O–H groups in total. The number of hydrogen-bond donors (Lipinski definition) is 2. The first-order valence-corrected chi connectivity index (χ1v) is 8.95. The third kappa shape index (κ3) is 4.65. The number of carbonyl (C=O) groups is 3. The molecule has 8 nitrogen and oxygen atoms in total. The number of piperazine rings is 1. The Morgan fingerprint density at radius 1 is 1.12 bits per heavy atom. The number of urea groups is 1. The predicted octanol–water partition coefficient (Wildman–Crippen LogP) is 1.88. The molecule has 2 aliphatic rings. The average Bonchev–Trinajstić information content (AvgIpc) is 3.46. The van der Waals surface area contributed by atoms with Crippen LogP contribution in [0.2, 0.25) is 0 Å². The van der Waals surface area contributed by atoms with Crippen LogP contribution < -0.4 is 10.6 Å². The maximum atomic E-state index is 12.4. The lowest BCUT2D eigenvalue weighted by molar-refractivity contribution is 0.0868. The standard InChI is InChI=1S/C18H24N4O4/c1-2-26-18(25)22-10-8-21(9-11-22)17(24)20-15-5-3-4-13(12-15)16(23)19-14-6-7-14/h3-5,12,14H,2,6-11H2,1H3,(H,19,23)(H,20,24). The molecule has 1 saturated heterocycles. The zero-order valence-corrected chi connectivity index (χ0v) is 14.9. The maximum absolute atomic E-state index is 12.4. The Balaban J connectivity index is 1.52. The Labute approximate surface area is 152 Å². The van der Waals surface area contributed by atoms with Crippen molar-refractivity contribution in [3.05, 3.63) is 29.8 Å². The van der Waals surface area contributed by atoms with Gasteiger partial charge in [-0.15, -0.1) is 0 Å². The number of carbonyl (C=O) groups excluding carboxylic acids is 3. The zero-order chi connectivity index (χ0) is 18.5. The molecular formula is C18H24N4O4. The van der Waals surface area contributed by atoms with Gasteiger partial charge in [-0.3, -0.25) is 4.79 Å². The molecule has 8 heteroatoms. The number of amides is 4. The van der Waals surface area contributed by atoms with Crippen LogP contribution >= 0.6 is 0 Å². The number of hydrogen-bond acceptors (Lipinski definition) is 4. The molecule has 0 unspecified atom stereocenters. The van der Waals surface area contributed by atoms with Crippen LogP contribution in [0.25, 0.3) is 0 Å². The molecule has 0 bridgehead atoms. The van der Waals surface area contributed by atoms with Gasteiger partial charge in [0.25, 0.3) is 5.91 Å². The molecule has 1 heterocycles. The molecule has 0 aromatic heterocycles. The van der Waals surface area contributed by atoms with E-state index in [-0.39, 0.29) is 24.1 Å². The SMILES string of the molecule is CCOC(=O)N1CCN(C(=O)Nc2cccc(C(=O)NC3CC3)c2)CC1. The van der Waals surface area contributed by atoms with Crippen LogP contribution in [0.5, 0.6) is 0 Å². The molecule has 0 spiro atoms. The van der Waals surface area contributed by atoms with E-state index in [0.29, 0.717) is 44.0 Å². The molecule has 1 aliphatic heterocycles. The fraction of sp³-hybridized carbons (Fsp3) is 0.500. The molecular weight excluding hydrogens is 336 g/mol. The Kier molecular flexibility index (Phi) is 5.60. The molecule has 1 aromatic carbocycles. The highest BCUT2D eigenvalue weighted by Gasteiger charge is 2.26. The summed E-state index contributed by atoms with van der Waals surface area (Å²) in [6.07, 6.45) is 1.71. The van der Waals surface area contributed by atoms with Crippen molar-refractivity contribution >= 4 is 23.7 Å². The lowest BCUT2D eigenvalue weighted by Gasteiger charge is -2.34. The van der Waals surface area contributed by atoms with Crippen LogP contribution in [-0.2, 0) is 4.74 Å². The molecule has 140 valence electrons. The van der Waals surface area contributed by atoms with Gasteiger partial charge in [-0.1, -0.05) is 6.07 Å². The first-order chi connectivity index (χ1) is 12.6. The Morgan fingerprint density at radius 2 is 1.81 bits per heavy atom. The van der Waals surface area contributed by atoms with Crippen molar-refractivity contribution in [2.24, 2.45) is 0 Å². The third-order valence-electron chi connectivity index (χ3n) is 4.38. The van der Waals surface area contributed by atoms with Gasteiger partial charge in [-0.25, -0.2) is 9.59 Å². The average molecular weight is 360 g/mol. The van der Waals surface area contributed by atoms with E-state index in [1.54, 1.807) is 41.0 Å². The van der Waals surface area contributed by atoms with Crippen LogP contribution in [0.3, 0.4) is 0 Å². The van der Waals surface area contributed by atoms with Crippen LogP contribution in [0, 0.1) is 0 Å². The monoisotopic (exact) mass is 360 g/mol. The van der Waals surface area contributed by atoms with Gasteiger partial charge in [0.15, 0.2) is 0 Å². The minimum absolute atomic E-state index is 0.119. The maximum Gasteiger partial charge on any atom is 0.409 e. The quantitative estimate of drug-likeness (QED) is 0.858. The number of nitrogens with zero attached hydrogens (tertiary/aromatic N) is 2. The summed E-state index contributed by atoms with van der Waals surface area (Å²) in [5.41, 5.74) is 1.10. The van der Waals surface area contributed by atoms with Crippen LogP contribution in [0.1, 0.15) is 30.1 Å². The van der Waals surface area contributed by atoms with E-state index in [1.807, 2.05) is 0 Å². The van der Waals surface area contributed by atoms with Gasteiger partial charge in [0.05, 0.1) is 6.61 Å². The summed E-state index contributed by atoms with van der Waals surface area (Å²) in [5.74, 6) is -0.119. The summed E-state index contributed by atoms with van der Waals surface area (Å²) < 4.78 is 4.97. The van der Waals surface area contributed by atoms with Crippen molar-refractivity contribution in [1.82, 2.24) is 15.1 Å². The molecule has 0 atom stereocenters. The van der Waals surface area contributed by atoms with Crippen molar-refractivity contribution in [1.29, 1.82) is 0 Å². The van der Waals surface area contributed by atoms with E-state index < -0.39 is 0 Å². The number of rotatable bonds is 4. The second kappa shape index (κ2) is 8.07. The highest BCUT2D eigenvalue weighted by atomic mass is 16.6. The molecule has 1 saturated carbocycles. The van der Waals surface area contributed by atoms with Gasteiger partial charge in [-0.2, -0.15) is 0 Å². The van der Waals surface area contributed by atoms with Crippen molar-refractivity contribution in [3.8, 4) is 0 Å². The largest absolute Gasteiger partial charge is 0.450 e. The summed E-state index contributed by atoms with van der Waals surface area (Å²) in [7, 11) is 0. The van der Waals surface area contributed by atoms with E-state index in [0.717, 1.165) is 12.8 Å². The molecule has 26 heavy (non-hydrogen) atoms. The second-order valence-electron chi connectivity index (χ2n) is 6.43. The minimum Gasteiger partial charge on any atom is -0.450 e. The Hall–Kier alpha value is -2.77. The molecule has 1 aromatic rings. The number of benzene rings is 1. The lowest BCUT2D eigenvalue weighted by atomic mass is 10.2. The van der Waals surface area contributed by atoms with E-state index >= 15 is 0 Å². The van der Waals surface area contributed by atoms with E-state index in [1.165, 1.54) is 0 Å². The predicted molar refractivity (Wildman–Crippen MR) is 96.1 cm³/mol. The van der Waals surface area contributed by atoms with Gasteiger partial charge >= 0.3 is 12.1 Å². The summed E-state index contributed by atoms with van der Waals surface area (Å²) in [6.45, 7) is 3.86. The highest BCUT2D eigenvalue weighted by molar-refractivity contribution is 5.97. The summed E-state index contributed by atoms with van der Waals surface area (Å²) in [5, 5.41) is 5.75. The molecule has 2 fully saturated rings. The lowest BCUT2D eigenvalue weighted by Crippen LogP contribution is -2.51. The van der Waals surface area contributed by atoms with E-state index in [4.69, 9.17) is 4.74 Å². The van der Waals surface area contributed by atoms with Gasteiger partial charge in [-0.05, 0) is 38.0 Å². The van der Waals surface area contributed by atoms with E-state index in [9.17, 15) is 14.4 Å². The zero-order valence-electron chi connectivity index (χ0n) is 14.9. The first kappa shape index (κ1) is 18.0. The first-order valence-electron chi connectivity index (χ1n) is 8.95. The third-order valence-corrected chi connectivity index (χ3v) is 4.38. The number of anilines is 1. The van der Waals surface area contributed by atoms with Gasteiger partial charge in [0, 0.05) is 43.5 Å². The fourth-order valence-electron chi connectivity index (χ4n) is 2.74. The van der Waals surface area contributed by atoms with Crippen LogP contribution in [0.15, 0.2) is 24.3 Å². The Morgan fingerprint density at radius 3 is 2.46 bits per heavy atom. The number of ether oxygens (including phenoxy) is 1. The summed E-state index contributed by atoms with van der Waals surface area (Å²) in [4.78, 5) is 39.5. The molecule has 3 rings (SSSR count). The summed E-state index contributed by atoms with van der Waals surface area (Å²) in [6, 6.07) is 6.94. The van der Waals surface area contributed by atoms with Crippen LogP contribution in [-0.4, -0.2) is 66.7 Å². The second-order valence-corrected chi connectivity index (χ2v) is 6.43. The summed E-state index contributed by atoms with van der Waals surface area (Å²) >= 11 is 0. The smallest absolute Gasteiger partial charge is 0.409 e. The topological polar surface area (TPSA) is 91.0 Å². The van der Waals surface area contributed by atoms with Crippen LogP contribution in [0.4, 0.5) is 15.3 Å². The molecule has 0 radical (unpaired) electrons. The van der Waals surface area contributed by atoms with Crippen molar-refractivity contribution in [2.45, 2.75) is 25.8 Å². The minimum atomic E-state index is -0.345. The Bertz CT molecular complexity index is 682. The van der Waals surface area contributed by atoms with Crippen molar-refractivity contribution in [3.63, 3.8) is 0 Å². The number of nitrogens with one attached hydrogen (secondary N) is 2. The van der Waals surface area contributed by atoms with Gasteiger partial charge < -0.3 is 25.2 Å². The normalized spacial score (nSPS) is 16.8. The highest BCUT2D eigenvalue weighted by Crippen LogP contribution is 2.20. The van der Waals surface area contributed by atoms with Crippen molar-refractivity contribution < 1.29 is 19.1 Å². The fourth-order valence-corrected chi connectivity index (χ4v) is 2.74. The van der Waals surface area contributed by atoms with Crippen molar-refractivity contribution in [2.75, 3.05) is 38.1 Å².